The summed E-state index contributed by atoms with van der Waals surface area (Å²) in [6.07, 6.45) is 3.12. The van der Waals surface area contributed by atoms with Crippen LogP contribution in [-0.4, -0.2) is 26.6 Å². The first-order valence-corrected chi connectivity index (χ1v) is 9.49. The third-order valence-electron chi connectivity index (χ3n) is 4.42. The number of benzene rings is 2. The molecule has 0 fully saturated rings. The Hall–Kier alpha value is -4.66. The maximum absolute atomic E-state index is 13.2. The van der Waals surface area contributed by atoms with Crippen molar-refractivity contribution in [2.75, 3.05) is 10.6 Å². The second-order valence-electron chi connectivity index (χ2n) is 6.67. The van der Waals surface area contributed by atoms with Crippen LogP contribution < -0.4 is 16.2 Å². The van der Waals surface area contributed by atoms with E-state index in [1.165, 1.54) is 42.5 Å². The summed E-state index contributed by atoms with van der Waals surface area (Å²) >= 11 is 0. The number of halogens is 1. The maximum atomic E-state index is 13.2. The molecule has 2 amide bonds. The summed E-state index contributed by atoms with van der Waals surface area (Å²) < 4.78 is 14.2. The number of hydrogen-bond acceptors (Lipinski definition) is 5. The van der Waals surface area contributed by atoms with E-state index in [1.807, 2.05) is 0 Å². The second kappa shape index (κ2) is 9.00. The number of carbonyl (C=O) groups excluding carboxylic acids is 2. The summed E-state index contributed by atoms with van der Waals surface area (Å²) in [4.78, 5) is 41.2. The Kier molecular flexibility index (Phi) is 5.80. The van der Waals surface area contributed by atoms with Crippen molar-refractivity contribution >= 4 is 23.2 Å². The van der Waals surface area contributed by atoms with Gasteiger partial charge >= 0.3 is 0 Å². The van der Waals surface area contributed by atoms with Gasteiger partial charge in [-0.1, -0.05) is 6.07 Å². The van der Waals surface area contributed by atoms with Crippen molar-refractivity contribution in [1.29, 1.82) is 0 Å². The molecule has 158 valence electrons. The van der Waals surface area contributed by atoms with Crippen LogP contribution in [0.4, 0.5) is 15.8 Å². The summed E-state index contributed by atoms with van der Waals surface area (Å²) in [5, 5.41) is 9.46. The molecule has 0 saturated heterocycles. The minimum Gasteiger partial charge on any atom is -0.322 e. The molecule has 4 rings (SSSR count). The summed E-state index contributed by atoms with van der Waals surface area (Å²) in [5.41, 5.74) is 1.12. The highest BCUT2D eigenvalue weighted by Crippen LogP contribution is 2.14. The molecule has 0 aliphatic rings. The lowest BCUT2D eigenvalue weighted by molar-refractivity contribution is 0.101. The molecule has 0 bridgehead atoms. The minimum absolute atomic E-state index is 0.0273. The fraction of sp³-hybridized carbons (Fsp3) is 0. The number of pyridine rings is 1. The standard InChI is InChI=1S/C23H16FN5O3/c24-16-4-6-19(7-5-16)29-21(30)9-8-20(28-29)23(32)27-18-3-1-2-15(14-18)22(31)26-17-10-12-25-13-11-17/h1-14H,(H,27,32)(H,25,26,31). The number of aromatic nitrogens is 3. The number of nitrogens with one attached hydrogen (secondary N) is 2. The third kappa shape index (κ3) is 4.73. The van der Waals surface area contributed by atoms with Crippen LogP contribution in [0.5, 0.6) is 0 Å². The monoisotopic (exact) mass is 429 g/mol. The lowest BCUT2D eigenvalue weighted by atomic mass is 10.2. The molecule has 0 saturated carbocycles. The van der Waals surface area contributed by atoms with Crippen LogP contribution in [0.1, 0.15) is 20.8 Å². The Bertz CT molecular complexity index is 1340. The van der Waals surface area contributed by atoms with Crippen LogP contribution in [0.25, 0.3) is 5.69 Å². The van der Waals surface area contributed by atoms with E-state index in [-0.39, 0.29) is 11.6 Å². The Morgan fingerprint density at radius 1 is 0.812 bits per heavy atom. The van der Waals surface area contributed by atoms with E-state index < -0.39 is 17.3 Å². The molecule has 2 aromatic heterocycles. The van der Waals surface area contributed by atoms with Crippen LogP contribution in [0.2, 0.25) is 0 Å². The van der Waals surface area contributed by atoms with E-state index in [0.717, 1.165) is 4.68 Å². The Morgan fingerprint density at radius 2 is 1.53 bits per heavy atom. The van der Waals surface area contributed by atoms with Crippen LogP contribution in [0, 0.1) is 5.82 Å². The van der Waals surface area contributed by atoms with Crippen LogP contribution in [-0.2, 0) is 0 Å². The SMILES string of the molecule is O=C(Nc1ccncc1)c1cccc(NC(=O)c2ccc(=O)n(-c3ccc(F)cc3)n2)c1. The number of anilines is 2. The molecule has 2 aromatic carbocycles. The van der Waals surface area contributed by atoms with Gasteiger partial charge in [-0.25, -0.2) is 4.39 Å². The van der Waals surface area contributed by atoms with Gasteiger partial charge in [0.15, 0.2) is 0 Å². The third-order valence-corrected chi connectivity index (χ3v) is 4.42. The molecule has 0 spiro atoms. The highest BCUT2D eigenvalue weighted by molar-refractivity contribution is 6.06. The molecular weight excluding hydrogens is 413 g/mol. The first-order chi connectivity index (χ1) is 15.5. The van der Waals surface area contributed by atoms with Gasteiger partial charge in [-0.05, 0) is 60.7 Å². The van der Waals surface area contributed by atoms with Crippen molar-refractivity contribution in [3.8, 4) is 5.69 Å². The van der Waals surface area contributed by atoms with Gasteiger partial charge in [-0.2, -0.15) is 9.78 Å². The number of hydrogen-bond donors (Lipinski definition) is 2. The molecule has 9 heteroatoms. The van der Waals surface area contributed by atoms with Crippen LogP contribution in [0.15, 0.2) is 90.0 Å². The van der Waals surface area contributed by atoms with E-state index in [9.17, 15) is 18.8 Å². The minimum atomic E-state index is -0.576. The molecule has 8 nitrogen and oxygen atoms in total. The van der Waals surface area contributed by atoms with Gasteiger partial charge in [0.2, 0.25) is 0 Å². The van der Waals surface area contributed by atoms with E-state index in [0.29, 0.717) is 22.6 Å². The molecule has 0 radical (unpaired) electrons. The van der Waals surface area contributed by atoms with E-state index in [1.54, 1.807) is 42.7 Å². The lowest BCUT2D eigenvalue weighted by Crippen LogP contribution is -2.25. The van der Waals surface area contributed by atoms with Crippen LogP contribution >= 0.6 is 0 Å². The molecular formula is C23H16FN5O3. The topological polar surface area (TPSA) is 106 Å². The Labute approximate surface area is 181 Å². The fourth-order valence-corrected chi connectivity index (χ4v) is 2.87. The zero-order valence-corrected chi connectivity index (χ0v) is 16.5. The van der Waals surface area contributed by atoms with E-state index in [2.05, 4.69) is 20.7 Å². The largest absolute Gasteiger partial charge is 0.322 e. The smallest absolute Gasteiger partial charge is 0.276 e. The zero-order valence-electron chi connectivity index (χ0n) is 16.5. The average molecular weight is 429 g/mol. The van der Waals surface area contributed by atoms with Gasteiger partial charge < -0.3 is 10.6 Å². The van der Waals surface area contributed by atoms with Crippen molar-refractivity contribution in [2.24, 2.45) is 0 Å². The van der Waals surface area contributed by atoms with Crippen molar-refractivity contribution in [3.63, 3.8) is 0 Å². The van der Waals surface area contributed by atoms with E-state index >= 15 is 0 Å². The first-order valence-electron chi connectivity index (χ1n) is 9.49. The summed E-state index contributed by atoms with van der Waals surface area (Å²) in [7, 11) is 0. The number of nitrogens with zero attached hydrogens (tertiary/aromatic N) is 3. The van der Waals surface area contributed by atoms with E-state index in [4.69, 9.17) is 0 Å². The van der Waals surface area contributed by atoms with Gasteiger partial charge in [0.05, 0.1) is 5.69 Å². The van der Waals surface area contributed by atoms with Crippen molar-refractivity contribution in [1.82, 2.24) is 14.8 Å². The second-order valence-corrected chi connectivity index (χ2v) is 6.67. The molecule has 0 aliphatic heterocycles. The van der Waals surface area contributed by atoms with Crippen LogP contribution in [0.3, 0.4) is 0 Å². The van der Waals surface area contributed by atoms with Gasteiger partial charge in [-0.3, -0.25) is 19.4 Å². The highest BCUT2D eigenvalue weighted by atomic mass is 19.1. The predicted octanol–water partition coefficient (Wildman–Crippen LogP) is 3.27. The van der Waals surface area contributed by atoms with Crippen molar-refractivity contribution < 1.29 is 14.0 Å². The normalized spacial score (nSPS) is 10.4. The van der Waals surface area contributed by atoms with Gasteiger partial charge in [0, 0.05) is 35.4 Å². The van der Waals surface area contributed by atoms with Gasteiger partial charge in [0.25, 0.3) is 17.4 Å². The lowest BCUT2D eigenvalue weighted by Gasteiger charge is -2.09. The molecule has 0 atom stereocenters. The quantitative estimate of drug-likeness (QED) is 0.507. The highest BCUT2D eigenvalue weighted by Gasteiger charge is 2.13. The average Bonchev–Trinajstić information content (AvgIpc) is 2.81. The Balaban J connectivity index is 1.52. The molecule has 2 N–H and O–H groups in total. The molecule has 32 heavy (non-hydrogen) atoms. The summed E-state index contributed by atoms with van der Waals surface area (Å²) in [5.74, 6) is -1.38. The molecule has 0 aliphatic carbocycles. The summed E-state index contributed by atoms with van der Waals surface area (Å²) in [6.45, 7) is 0. The summed E-state index contributed by atoms with van der Waals surface area (Å²) in [6, 6.07) is 17.3. The fourth-order valence-electron chi connectivity index (χ4n) is 2.87. The predicted molar refractivity (Wildman–Crippen MR) is 116 cm³/mol. The van der Waals surface area contributed by atoms with Gasteiger partial charge in [-0.15, -0.1) is 0 Å². The number of amides is 2. The van der Waals surface area contributed by atoms with Gasteiger partial charge in [0.1, 0.15) is 11.5 Å². The Morgan fingerprint density at radius 3 is 2.28 bits per heavy atom. The number of rotatable bonds is 5. The molecule has 0 unspecified atom stereocenters. The molecule has 2 heterocycles. The van der Waals surface area contributed by atoms with Crippen molar-refractivity contribution in [2.45, 2.75) is 0 Å². The zero-order chi connectivity index (χ0) is 22.5. The first kappa shape index (κ1) is 20.6. The van der Waals surface area contributed by atoms with Crippen molar-refractivity contribution in [3.05, 3.63) is 113 Å². The number of carbonyl (C=O) groups is 2. The maximum Gasteiger partial charge on any atom is 0.276 e. The molecule has 4 aromatic rings.